The molecule has 1 aliphatic carbocycles. The van der Waals surface area contributed by atoms with Crippen molar-refractivity contribution in [3.8, 4) is 5.75 Å². The monoisotopic (exact) mass is 444 g/mol. The molecule has 3 rings (SSSR count). The summed E-state index contributed by atoms with van der Waals surface area (Å²) in [5, 5.41) is 2.95. The number of hydrogen-bond acceptors (Lipinski definition) is 4. The van der Waals surface area contributed by atoms with Crippen LogP contribution in [0.5, 0.6) is 5.75 Å². The van der Waals surface area contributed by atoms with Gasteiger partial charge in [-0.1, -0.05) is 49.1 Å². The van der Waals surface area contributed by atoms with Crippen LogP contribution in [0.3, 0.4) is 0 Å². The van der Waals surface area contributed by atoms with E-state index < -0.39 is 10.0 Å². The van der Waals surface area contributed by atoms with E-state index in [0.717, 1.165) is 49.0 Å². The largest absolute Gasteiger partial charge is 0.497 e. The highest BCUT2D eigenvalue weighted by Gasteiger charge is 2.34. The van der Waals surface area contributed by atoms with Crippen molar-refractivity contribution in [2.45, 2.75) is 62.9 Å². The first-order valence-electron chi connectivity index (χ1n) is 10.8. The Morgan fingerprint density at radius 2 is 1.68 bits per heavy atom. The molecule has 31 heavy (non-hydrogen) atoms. The fourth-order valence-electron chi connectivity index (χ4n) is 4.03. The number of ether oxygens (including phenoxy) is 1. The molecule has 7 heteroatoms. The number of aryl methyl sites for hydroxylation is 1. The summed E-state index contributed by atoms with van der Waals surface area (Å²) in [6.45, 7) is 3.63. The van der Waals surface area contributed by atoms with Gasteiger partial charge >= 0.3 is 0 Å². The van der Waals surface area contributed by atoms with Gasteiger partial charge in [0.25, 0.3) is 0 Å². The maximum absolute atomic E-state index is 13.4. The zero-order chi connectivity index (χ0) is 22.4. The molecule has 0 spiro atoms. The van der Waals surface area contributed by atoms with Crippen molar-refractivity contribution in [2.24, 2.45) is 0 Å². The SMILES string of the molecule is COc1ccc([C@H](C)NC(=O)CN(C2CCCCC2)S(=O)(=O)c2ccc(C)cc2)cc1. The second-order valence-electron chi connectivity index (χ2n) is 8.22. The van der Waals surface area contributed by atoms with E-state index >= 15 is 0 Å². The molecule has 1 atom stereocenters. The van der Waals surface area contributed by atoms with Crippen molar-refractivity contribution < 1.29 is 17.9 Å². The smallest absolute Gasteiger partial charge is 0.243 e. The summed E-state index contributed by atoms with van der Waals surface area (Å²) in [6, 6.07) is 13.9. The molecular formula is C24H32N2O4S. The Morgan fingerprint density at radius 3 is 2.26 bits per heavy atom. The third-order valence-corrected chi connectivity index (χ3v) is 7.81. The van der Waals surface area contributed by atoms with E-state index in [0.29, 0.717) is 0 Å². The van der Waals surface area contributed by atoms with Crippen molar-refractivity contribution in [3.63, 3.8) is 0 Å². The summed E-state index contributed by atoms with van der Waals surface area (Å²) >= 11 is 0. The van der Waals surface area contributed by atoms with E-state index in [4.69, 9.17) is 4.74 Å². The summed E-state index contributed by atoms with van der Waals surface area (Å²) in [6.07, 6.45) is 4.64. The van der Waals surface area contributed by atoms with Gasteiger partial charge in [-0.2, -0.15) is 4.31 Å². The maximum atomic E-state index is 13.4. The Hall–Kier alpha value is -2.38. The molecule has 1 fully saturated rings. The van der Waals surface area contributed by atoms with Crippen molar-refractivity contribution in [1.29, 1.82) is 0 Å². The van der Waals surface area contributed by atoms with Crippen LogP contribution in [-0.4, -0.2) is 38.3 Å². The van der Waals surface area contributed by atoms with E-state index in [1.165, 1.54) is 4.31 Å². The lowest BCUT2D eigenvalue weighted by atomic mass is 9.95. The standard InChI is InChI=1S/C24H32N2O4S/c1-18-9-15-23(16-10-18)31(28,29)26(21-7-5-4-6-8-21)17-24(27)25-19(2)20-11-13-22(30-3)14-12-20/h9-16,19,21H,4-8,17H2,1-3H3,(H,25,27)/t19-/m0/s1. The number of nitrogens with zero attached hydrogens (tertiary/aromatic N) is 1. The molecule has 1 amide bonds. The molecule has 0 heterocycles. The number of carbonyl (C=O) groups is 1. The molecule has 0 saturated heterocycles. The number of nitrogens with one attached hydrogen (secondary N) is 1. The van der Waals surface area contributed by atoms with Gasteiger partial charge < -0.3 is 10.1 Å². The second kappa shape index (κ2) is 10.3. The molecule has 0 aromatic heterocycles. The molecule has 1 aliphatic rings. The molecule has 168 valence electrons. The molecule has 0 bridgehead atoms. The van der Waals surface area contributed by atoms with Crippen LogP contribution in [0.15, 0.2) is 53.4 Å². The fraction of sp³-hybridized carbons (Fsp3) is 0.458. The third kappa shape index (κ3) is 5.86. The van der Waals surface area contributed by atoms with E-state index in [1.54, 1.807) is 31.4 Å². The highest BCUT2D eigenvalue weighted by molar-refractivity contribution is 7.89. The van der Waals surface area contributed by atoms with Crippen LogP contribution < -0.4 is 10.1 Å². The molecule has 6 nitrogen and oxygen atoms in total. The molecule has 0 unspecified atom stereocenters. The first-order valence-corrected chi connectivity index (χ1v) is 12.3. The molecule has 2 aromatic carbocycles. The Balaban J connectivity index is 1.77. The zero-order valence-electron chi connectivity index (χ0n) is 18.5. The van der Waals surface area contributed by atoms with E-state index in [-0.39, 0.29) is 29.4 Å². The van der Waals surface area contributed by atoms with Gasteiger partial charge in [0.2, 0.25) is 15.9 Å². The lowest BCUT2D eigenvalue weighted by molar-refractivity contribution is -0.122. The zero-order valence-corrected chi connectivity index (χ0v) is 19.3. The predicted molar refractivity (Wildman–Crippen MR) is 121 cm³/mol. The average Bonchev–Trinajstić information content (AvgIpc) is 2.78. The number of amides is 1. The van der Waals surface area contributed by atoms with Gasteiger partial charge in [0.15, 0.2) is 0 Å². The van der Waals surface area contributed by atoms with Crippen LogP contribution in [0.4, 0.5) is 0 Å². The normalized spacial score (nSPS) is 16.1. The van der Waals surface area contributed by atoms with Crippen molar-refractivity contribution in [1.82, 2.24) is 9.62 Å². The van der Waals surface area contributed by atoms with Gasteiger partial charge in [0.1, 0.15) is 5.75 Å². The van der Waals surface area contributed by atoms with Gasteiger partial charge in [-0.15, -0.1) is 0 Å². The number of hydrogen-bond donors (Lipinski definition) is 1. The van der Waals surface area contributed by atoms with E-state index in [9.17, 15) is 13.2 Å². The number of rotatable bonds is 8. The lowest BCUT2D eigenvalue weighted by Crippen LogP contribution is -2.47. The van der Waals surface area contributed by atoms with Gasteiger partial charge in [0.05, 0.1) is 24.6 Å². The maximum Gasteiger partial charge on any atom is 0.243 e. The van der Waals surface area contributed by atoms with E-state index in [2.05, 4.69) is 5.32 Å². The van der Waals surface area contributed by atoms with Gasteiger partial charge in [0, 0.05) is 6.04 Å². The quantitative estimate of drug-likeness (QED) is 0.662. The van der Waals surface area contributed by atoms with Crippen LogP contribution in [0.2, 0.25) is 0 Å². The Kier molecular flexibility index (Phi) is 7.73. The highest BCUT2D eigenvalue weighted by atomic mass is 32.2. The van der Waals surface area contributed by atoms with Gasteiger partial charge in [-0.25, -0.2) is 8.42 Å². The van der Waals surface area contributed by atoms with Crippen molar-refractivity contribution in [3.05, 3.63) is 59.7 Å². The molecule has 0 radical (unpaired) electrons. The van der Waals surface area contributed by atoms with Crippen LogP contribution in [0, 0.1) is 6.92 Å². The molecule has 0 aliphatic heterocycles. The van der Waals surface area contributed by atoms with Crippen LogP contribution in [0.1, 0.15) is 56.2 Å². The topological polar surface area (TPSA) is 75.7 Å². The van der Waals surface area contributed by atoms with Crippen LogP contribution >= 0.6 is 0 Å². The van der Waals surface area contributed by atoms with Gasteiger partial charge in [-0.05, 0) is 56.5 Å². The number of sulfonamides is 1. The Morgan fingerprint density at radius 1 is 1.06 bits per heavy atom. The lowest BCUT2D eigenvalue weighted by Gasteiger charge is -2.33. The van der Waals surface area contributed by atoms with Crippen LogP contribution in [0.25, 0.3) is 0 Å². The Labute approximate surface area is 185 Å². The van der Waals surface area contributed by atoms with Gasteiger partial charge in [-0.3, -0.25) is 4.79 Å². The minimum absolute atomic E-state index is 0.151. The summed E-state index contributed by atoms with van der Waals surface area (Å²) in [5.41, 5.74) is 1.92. The van der Waals surface area contributed by atoms with E-state index in [1.807, 2.05) is 38.1 Å². The summed E-state index contributed by atoms with van der Waals surface area (Å²) in [4.78, 5) is 13.1. The number of carbonyl (C=O) groups excluding carboxylic acids is 1. The highest BCUT2D eigenvalue weighted by Crippen LogP contribution is 2.28. The van der Waals surface area contributed by atoms with Crippen LogP contribution in [-0.2, 0) is 14.8 Å². The summed E-state index contributed by atoms with van der Waals surface area (Å²) in [7, 11) is -2.16. The minimum atomic E-state index is -3.77. The fourth-order valence-corrected chi connectivity index (χ4v) is 5.67. The molecule has 1 N–H and O–H groups in total. The third-order valence-electron chi connectivity index (χ3n) is 5.90. The number of benzene rings is 2. The summed E-state index contributed by atoms with van der Waals surface area (Å²) in [5.74, 6) is 0.444. The predicted octanol–water partition coefficient (Wildman–Crippen LogP) is 4.20. The first kappa shape index (κ1) is 23.3. The summed E-state index contributed by atoms with van der Waals surface area (Å²) < 4.78 is 33.5. The average molecular weight is 445 g/mol. The minimum Gasteiger partial charge on any atom is -0.497 e. The number of methoxy groups -OCH3 is 1. The molecule has 2 aromatic rings. The Bertz CT molecular complexity index is 966. The molecular weight excluding hydrogens is 412 g/mol. The second-order valence-corrected chi connectivity index (χ2v) is 10.1. The van der Waals surface area contributed by atoms with Crippen molar-refractivity contribution in [2.75, 3.05) is 13.7 Å². The molecule has 1 saturated carbocycles. The first-order chi connectivity index (χ1) is 14.8. The van der Waals surface area contributed by atoms with Crippen molar-refractivity contribution >= 4 is 15.9 Å².